The lowest BCUT2D eigenvalue weighted by Crippen LogP contribution is -2.47. The van der Waals surface area contributed by atoms with Crippen LogP contribution in [0.1, 0.15) is 38.2 Å². The maximum absolute atomic E-state index is 13.4. The van der Waals surface area contributed by atoms with Crippen LogP contribution in [0.25, 0.3) is 0 Å². The molecule has 0 aliphatic carbocycles. The zero-order chi connectivity index (χ0) is 32.3. The van der Waals surface area contributed by atoms with E-state index in [4.69, 9.17) is 18.9 Å². The minimum Gasteiger partial charge on any atom is -0.493 e. The normalized spacial score (nSPS) is 17.5. The number of nitro benzene ring substituents is 1. The predicted octanol–water partition coefficient (Wildman–Crippen LogP) is 4.03. The Bertz CT molecular complexity index is 1430. The number of para-hydroxylation sites is 2. The predicted molar refractivity (Wildman–Crippen MR) is 168 cm³/mol. The van der Waals surface area contributed by atoms with Gasteiger partial charge in [0, 0.05) is 56.3 Å². The fourth-order valence-corrected chi connectivity index (χ4v) is 5.74. The number of nitrogens with zero attached hydrogens (tertiary/aromatic N) is 3. The van der Waals surface area contributed by atoms with Crippen molar-refractivity contribution < 1.29 is 33.5 Å². The average Bonchev–Trinajstić information content (AvgIpc) is 3.04. The number of methoxy groups -OCH3 is 2. The van der Waals surface area contributed by atoms with Crippen molar-refractivity contribution in [3.8, 4) is 11.5 Å². The number of non-ortho nitro benzene ring substituents is 1. The first-order valence-corrected chi connectivity index (χ1v) is 15.1. The van der Waals surface area contributed by atoms with E-state index >= 15 is 0 Å². The van der Waals surface area contributed by atoms with Crippen molar-refractivity contribution in [1.29, 1.82) is 0 Å². The number of nitro groups is 1. The molecule has 1 N–H and O–H groups in total. The second-order valence-electron chi connectivity index (χ2n) is 11.0. The summed E-state index contributed by atoms with van der Waals surface area (Å²) in [4.78, 5) is 42.0. The Morgan fingerprint density at radius 3 is 2.16 bits per heavy atom. The number of allylic oxidation sites excluding steroid dienone is 2. The van der Waals surface area contributed by atoms with Crippen molar-refractivity contribution in [3.63, 3.8) is 0 Å². The van der Waals surface area contributed by atoms with Crippen LogP contribution in [0.2, 0.25) is 0 Å². The van der Waals surface area contributed by atoms with Crippen LogP contribution in [-0.4, -0.2) is 93.4 Å². The van der Waals surface area contributed by atoms with Crippen LogP contribution in [0.5, 0.6) is 11.5 Å². The summed E-state index contributed by atoms with van der Waals surface area (Å²) >= 11 is 0. The second-order valence-corrected chi connectivity index (χ2v) is 11.0. The van der Waals surface area contributed by atoms with Gasteiger partial charge in [-0.25, -0.2) is 9.59 Å². The Kier molecular flexibility index (Phi) is 11.9. The number of nitrogens with one attached hydrogen (secondary N) is 1. The van der Waals surface area contributed by atoms with E-state index in [1.54, 1.807) is 27.0 Å². The molecule has 1 fully saturated rings. The molecule has 1 unspecified atom stereocenters. The van der Waals surface area contributed by atoms with Crippen LogP contribution in [0.15, 0.2) is 71.1 Å². The monoisotopic (exact) mass is 622 g/mol. The number of rotatable bonds is 14. The van der Waals surface area contributed by atoms with Gasteiger partial charge in [0.2, 0.25) is 0 Å². The molecule has 12 heteroatoms. The van der Waals surface area contributed by atoms with Crippen molar-refractivity contribution in [1.82, 2.24) is 15.1 Å². The molecule has 242 valence electrons. The van der Waals surface area contributed by atoms with Crippen LogP contribution in [-0.2, 0) is 19.1 Å². The minimum atomic E-state index is -0.873. The lowest BCUT2D eigenvalue weighted by molar-refractivity contribution is -0.384. The molecule has 12 nitrogen and oxygen atoms in total. The van der Waals surface area contributed by atoms with Gasteiger partial charge in [-0.2, -0.15) is 0 Å². The lowest BCUT2D eigenvalue weighted by Gasteiger charge is -2.34. The van der Waals surface area contributed by atoms with Crippen LogP contribution in [0.4, 0.5) is 5.69 Å². The first-order valence-electron chi connectivity index (χ1n) is 15.1. The third-order valence-corrected chi connectivity index (χ3v) is 8.10. The summed E-state index contributed by atoms with van der Waals surface area (Å²) in [6.07, 6.45) is 1.54. The van der Waals surface area contributed by atoms with E-state index in [9.17, 15) is 19.7 Å². The Morgan fingerprint density at radius 1 is 0.867 bits per heavy atom. The van der Waals surface area contributed by atoms with Crippen LogP contribution >= 0.6 is 0 Å². The van der Waals surface area contributed by atoms with Crippen molar-refractivity contribution in [2.75, 3.05) is 66.7 Å². The van der Waals surface area contributed by atoms with Gasteiger partial charge in [0.05, 0.1) is 42.8 Å². The van der Waals surface area contributed by atoms with Crippen molar-refractivity contribution in [2.24, 2.45) is 0 Å². The van der Waals surface area contributed by atoms with Crippen LogP contribution < -0.4 is 14.8 Å². The minimum absolute atomic E-state index is 0.139. The summed E-state index contributed by atoms with van der Waals surface area (Å²) in [5, 5.41) is 14.6. The highest BCUT2D eigenvalue weighted by atomic mass is 16.6. The van der Waals surface area contributed by atoms with Crippen LogP contribution in [0.3, 0.4) is 0 Å². The number of benzene rings is 2. The summed E-state index contributed by atoms with van der Waals surface area (Å²) < 4.78 is 22.0. The summed E-state index contributed by atoms with van der Waals surface area (Å²) in [5.41, 5.74) is 1.76. The lowest BCUT2D eigenvalue weighted by atomic mass is 9.80. The summed E-state index contributed by atoms with van der Waals surface area (Å²) in [7, 11) is 2.89. The van der Waals surface area contributed by atoms with Gasteiger partial charge in [-0.05, 0) is 50.9 Å². The smallest absolute Gasteiger partial charge is 0.336 e. The third kappa shape index (κ3) is 8.61. The molecule has 0 bridgehead atoms. The molecule has 0 aromatic heterocycles. The molecule has 2 aliphatic rings. The van der Waals surface area contributed by atoms with E-state index in [0.717, 1.165) is 57.2 Å². The first-order chi connectivity index (χ1) is 21.7. The van der Waals surface area contributed by atoms with Crippen molar-refractivity contribution in [3.05, 3.63) is 86.7 Å². The molecule has 1 saturated heterocycles. The standard InChI is InChI=1S/C33H42N4O8/c1-23-29(32(38)43-4)31(25-10-9-11-26(22-25)37(40)41)30(24(2)34-23)33(39)45-20-8-7-14-35-15-17-36(18-16-35)19-21-44-28-13-6-5-12-27(28)42-3/h5-6,9-13,22,31,34H,7-8,14-21H2,1-4H3. The van der Waals surface area contributed by atoms with Gasteiger partial charge in [-0.1, -0.05) is 24.3 Å². The van der Waals surface area contributed by atoms with E-state index in [1.165, 1.54) is 25.3 Å². The Morgan fingerprint density at radius 2 is 1.51 bits per heavy atom. The first kappa shape index (κ1) is 33.5. The van der Waals surface area contributed by atoms with E-state index in [1.807, 2.05) is 24.3 Å². The van der Waals surface area contributed by atoms with E-state index in [2.05, 4.69) is 15.1 Å². The van der Waals surface area contributed by atoms with Gasteiger partial charge in [-0.15, -0.1) is 0 Å². The van der Waals surface area contributed by atoms with Gasteiger partial charge in [0.25, 0.3) is 5.69 Å². The number of unbranched alkanes of at least 4 members (excludes halogenated alkanes) is 1. The van der Waals surface area contributed by atoms with Crippen molar-refractivity contribution in [2.45, 2.75) is 32.6 Å². The molecule has 1 atom stereocenters. The number of hydrogen-bond donors (Lipinski definition) is 1. The molecule has 0 saturated carbocycles. The molecule has 0 radical (unpaired) electrons. The Labute approximate surface area is 263 Å². The number of esters is 2. The second kappa shape index (κ2) is 16.1. The third-order valence-electron chi connectivity index (χ3n) is 8.10. The molecule has 45 heavy (non-hydrogen) atoms. The van der Waals surface area contributed by atoms with Gasteiger partial charge in [0.1, 0.15) is 6.61 Å². The molecule has 4 rings (SSSR count). The average molecular weight is 623 g/mol. The number of dihydropyridines is 1. The largest absolute Gasteiger partial charge is 0.493 e. The van der Waals surface area contributed by atoms with Gasteiger partial charge >= 0.3 is 11.9 Å². The molecule has 2 aromatic rings. The molecule has 0 amide bonds. The zero-order valence-corrected chi connectivity index (χ0v) is 26.4. The molecular weight excluding hydrogens is 580 g/mol. The Balaban J connectivity index is 1.25. The van der Waals surface area contributed by atoms with Gasteiger partial charge < -0.3 is 29.2 Å². The maximum atomic E-state index is 13.4. The van der Waals surface area contributed by atoms with E-state index in [-0.39, 0.29) is 23.4 Å². The summed E-state index contributed by atoms with van der Waals surface area (Å²) in [6.45, 7) is 9.81. The quantitative estimate of drug-likeness (QED) is 0.142. The number of piperazine rings is 1. The SMILES string of the molecule is COC(=O)C1=C(C)NC(C)=C(C(=O)OCCCCN2CCN(CCOc3ccccc3OC)CC2)C1c1cccc([N+](=O)[O-])c1. The van der Waals surface area contributed by atoms with E-state index in [0.29, 0.717) is 30.0 Å². The highest BCUT2D eigenvalue weighted by molar-refractivity contribution is 5.99. The number of hydrogen-bond acceptors (Lipinski definition) is 11. The van der Waals surface area contributed by atoms with E-state index < -0.39 is 22.8 Å². The molecule has 0 spiro atoms. The molecular formula is C33H42N4O8. The van der Waals surface area contributed by atoms with Gasteiger partial charge in [-0.3, -0.25) is 15.0 Å². The fraction of sp³-hybridized carbons (Fsp3) is 0.455. The molecule has 2 aliphatic heterocycles. The highest BCUT2D eigenvalue weighted by Crippen LogP contribution is 2.40. The zero-order valence-electron chi connectivity index (χ0n) is 26.4. The van der Waals surface area contributed by atoms with Crippen LogP contribution in [0, 0.1) is 10.1 Å². The summed E-state index contributed by atoms with van der Waals surface area (Å²) in [6, 6.07) is 13.6. The molecule has 2 aromatic carbocycles. The Hall–Kier alpha value is -4.42. The highest BCUT2D eigenvalue weighted by Gasteiger charge is 2.38. The number of ether oxygens (including phenoxy) is 4. The number of carbonyl (C=O) groups excluding carboxylic acids is 2. The van der Waals surface area contributed by atoms with Crippen molar-refractivity contribution >= 4 is 17.6 Å². The topological polar surface area (TPSA) is 133 Å². The maximum Gasteiger partial charge on any atom is 0.336 e. The summed E-state index contributed by atoms with van der Waals surface area (Å²) in [5.74, 6) is -0.591. The van der Waals surface area contributed by atoms with Gasteiger partial charge in [0.15, 0.2) is 11.5 Å². The fourth-order valence-electron chi connectivity index (χ4n) is 5.74. The number of carbonyl (C=O) groups is 2. The molecule has 2 heterocycles.